The van der Waals surface area contributed by atoms with Crippen LogP contribution in [0.4, 0.5) is 0 Å². The predicted molar refractivity (Wildman–Crippen MR) is 93.2 cm³/mol. The Balaban J connectivity index is 2.96. The Bertz CT molecular complexity index is 754. The largest absolute Gasteiger partial charge is 0.449 e. The molecule has 1 rings (SSSR count). The zero-order chi connectivity index (χ0) is 19.9. The highest BCUT2D eigenvalue weighted by molar-refractivity contribution is 7.89. The average molecular weight is 409 g/mol. The molecule has 0 heterocycles. The van der Waals surface area contributed by atoms with Crippen LogP contribution in [0.25, 0.3) is 0 Å². The first-order valence-electron chi connectivity index (χ1n) is 7.45. The highest BCUT2D eigenvalue weighted by Gasteiger charge is 2.25. The van der Waals surface area contributed by atoms with Gasteiger partial charge in [0.05, 0.1) is 29.2 Å². The highest BCUT2D eigenvalue weighted by atomic mass is 35.5. The summed E-state index contributed by atoms with van der Waals surface area (Å²) in [6, 6.07) is 3.54. The minimum atomic E-state index is -3.97. The third kappa shape index (κ3) is 5.64. The van der Waals surface area contributed by atoms with Crippen LogP contribution in [0.5, 0.6) is 0 Å². The molecule has 1 aromatic carbocycles. The summed E-state index contributed by atoms with van der Waals surface area (Å²) < 4.78 is 35.0. The van der Waals surface area contributed by atoms with Gasteiger partial charge in [-0.05, 0) is 25.1 Å². The molecule has 1 atom stereocenters. The van der Waals surface area contributed by atoms with Crippen molar-refractivity contribution in [3.8, 4) is 0 Å². The first-order chi connectivity index (χ1) is 12.1. The minimum Gasteiger partial charge on any atom is -0.449 e. The Morgan fingerprint density at radius 2 is 1.96 bits per heavy atom. The van der Waals surface area contributed by atoms with Gasteiger partial charge in [0.2, 0.25) is 0 Å². The molecule has 11 heteroatoms. The first-order valence-corrected chi connectivity index (χ1v) is 9.27. The van der Waals surface area contributed by atoms with Gasteiger partial charge in [-0.3, -0.25) is 9.63 Å². The number of hydrogen-bond donors (Lipinski definition) is 1. The molecule has 0 saturated heterocycles. The van der Waals surface area contributed by atoms with Crippen LogP contribution in [0.1, 0.15) is 17.3 Å². The molecule has 26 heavy (non-hydrogen) atoms. The van der Waals surface area contributed by atoms with Crippen molar-refractivity contribution >= 4 is 33.5 Å². The number of carbonyl (C=O) groups excluding carboxylic acids is 2. The van der Waals surface area contributed by atoms with Crippen molar-refractivity contribution in [2.24, 2.45) is 0 Å². The SMILES string of the molecule is COCCNC(=O)[C@@H](C)OC(=O)c1cc(S(=O)(=O)N(C)OC)ccc1Cl. The smallest absolute Gasteiger partial charge is 0.340 e. The third-order valence-corrected chi connectivity index (χ3v) is 5.31. The number of ether oxygens (including phenoxy) is 2. The summed E-state index contributed by atoms with van der Waals surface area (Å²) in [6.45, 7) is 1.95. The van der Waals surface area contributed by atoms with Gasteiger partial charge in [-0.2, -0.15) is 0 Å². The lowest BCUT2D eigenvalue weighted by atomic mass is 10.2. The molecule has 146 valence electrons. The zero-order valence-electron chi connectivity index (χ0n) is 14.8. The second kappa shape index (κ2) is 9.83. The van der Waals surface area contributed by atoms with Gasteiger partial charge < -0.3 is 14.8 Å². The second-order valence-electron chi connectivity index (χ2n) is 5.07. The molecule has 0 unspecified atom stereocenters. The van der Waals surface area contributed by atoms with E-state index in [0.717, 1.165) is 6.07 Å². The summed E-state index contributed by atoms with van der Waals surface area (Å²) in [5.41, 5.74) is -0.186. The summed E-state index contributed by atoms with van der Waals surface area (Å²) in [5.74, 6) is -1.45. The van der Waals surface area contributed by atoms with Gasteiger partial charge in [0.1, 0.15) is 0 Å². The van der Waals surface area contributed by atoms with Gasteiger partial charge in [-0.25, -0.2) is 13.2 Å². The summed E-state index contributed by atoms with van der Waals surface area (Å²) in [7, 11) is -0.0945. The summed E-state index contributed by atoms with van der Waals surface area (Å²) in [6.07, 6.45) is -1.10. The van der Waals surface area contributed by atoms with E-state index in [0.29, 0.717) is 11.1 Å². The first kappa shape index (κ1) is 22.3. The van der Waals surface area contributed by atoms with Crippen molar-refractivity contribution in [1.82, 2.24) is 9.79 Å². The maximum absolute atomic E-state index is 12.3. The van der Waals surface area contributed by atoms with E-state index in [1.165, 1.54) is 40.3 Å². The number of halogens is 1. The topological polar surface area (TPSA) is 111 Å². The molecule has 0 fully saturated rings. The van der Waals surface area contributed by atoms with Crippen molar-refractivity contribution in [3.63, 3.8) is 0 Å². The van der Waals surface area contributed by atoms with E-state index < -0.39 is 28.0 Å². The number of sulfonamides is 1. The number of amides is 1. The van der Waals surface area contributed by atoms with Crippen LogP contribution in [0.15, 0.2) is 23.1 Å². The summed E-state index contributed by atoms with van der Waals surface area (Å²) >= 11 is 5.96. The maximum Gasteiger partial charge on any atom is 0.340 e. The molecule has 0 saturated carbocycles. The lowest BCUT2D eigenvalue weighted by Crippen LogP contribution is -2.37. The molecule has 0 spiro atoms. The fourth-order valence-corrected chi connectivity index (χ4v) is 2.96. The fraction of sp³-hybridized carbons (Fsp3) is 0.467. The molecule has 1 amide bonds. The van der Waals surface area contributed by atoms with Crippen LogP contribution in [-0.4, -0.2) is 65.3 Å². The molecule has 0 bridgehead atoms. The number of esters is 1. The number of benzene rings is 1. The number of hydrogen-bond acceptors (Lipinski definition) is 7. The predicted octanol–water partition coefficient (Wildman–Crippen LogP) is 0.830. The Labute approximate surface area is 157 Å². The lowest BCUT2D eigenvalue weighted by Gasteiger charge is -2.16. The van der Waals surface area contributed by atoms with Crippen molar-refractivity contribution in [2.75, 3.05) is 34.4 Å². The van der Waals surface area contributed by atoms with Crippen molar-refractivity contribution < 1.29 is 32.3 Å². The van der Waals surface area contributed by atoms with Crippen molar-refractivity contribution in [3.05, 3.63) is 28.8 Å². The van der Waals surface area contributed by atoms with Crippen LogP contribution in [0.2, 0.25) is 5.02 Å². The van der Waals surface area contributed by atoms with E-state index in [-0.39, 0.29) is 22.0 Å². The summed E-state index contributed by atoms with van der Waals surface area (Å²) in [5, 5.41) is 2.51. The number of nitrogens with one attached hydrogen (secondary N) is 1. The van der Waals surface area contributed by atoms with Crippen LogP contribution >= 0.6 is 11.6 Å². The van der Waals surface area contributed by atoms with E-state index in [9.17, 15) is 18.0 Å². The van der Waals surface area contributed by atoms with Gasteiger partial charge in [-0.15, -0.1) is 0 Å². The molecule has 9 nitrogen and oxygen atoms in total. The van der Waals surface area contributed by atoms with Crippen LogP contribution in [0.3, 0.4) is 0 Å². The maximum atomic E-state index is 12.3. The number of carbonyl (C=O) groups is 2. The summed E-state index contributed by atoms with van der Waals surface area (Å²) in [4.78, 5) is 28.6. The van der Waals surface area contributed by atoms with E-state index in [2.05, 4.69) is 10.2 Å². The molecule has 0 aliphatic heterocycles. The lowest BCUT2D eigenvalue weighted by molar-refractivity contribution is -0.129. The van der Waals surface area contributed by atoms with Gasteiger partial charge in [0.15, 0.2) is 6.10 Å². The normalized spacial score (nSPS) is 12.7. The number of rotatable bonds is 9. The number of nitrogens with zero attached hydrogens (tertiary/aromatic N) is 1. The number of hydroxylamine groups is 1. The molecule has 0 radical (unpaired) electrons. The van der Waals surface area contributed by atoms with E-state index in [1.54, 1.807) is 0 Å². The third-order valence-electron chi connectivity index (χ3n) is 3.31. The monoisotopic (exact) mass is 408 g/mol. The standard InChI is InChI=1S/C15H21ClN2O7S/c1-10(14(19)17-7-8-23-3)25-15(20)12-9-11(5-6-13(12)16)26(21,22)18(2)24-4/h5-6,9-10H,7-8H2,1-4H3,(H,17,19)/t10-/m1/s1. The van der Waals surface area contributed by atoms with E-state index in [4.69, 9.17) is 21.1 Å². The van der Waals surface area contributed by atoms with Gasteiger partial charge in [0, 0.05) is 20.7 Å². The Kier molecular flexibility index (Phi) is 8.44. The van der Waals surface area contributed by atoms with Crippen molar-refractivity contribution in [2.45, 2.75) is 17.9 Å². The molecule has 1 aromatic rings. The quantitative estimate of drug-likeness (QED) is 0.366. The van der Waals surface area contributed by atoms with Crippen LogP contribution in [0, 0.1) is 0 Å². The van der Waals surface area contributed by atoms with Gasteiger partial charge in [-0.1, -0.05) is 16.1 Å². The Morgan fingerprint density at radius 3 is 2.54 bits per heavy atom. The fourth-order valence-electron chi connectivity index (χ4n) is 1.77. The van der Waals surface area contributed by atoms with E-state index >= 15 is 0 Å². The molecule has 0 aliphatic rings. The molecule has 0 aliphatic carbocycles. The Hall–Kier alpha value is -1.72. The van der Waals surface area contributed by atoms with Gasteiger partial charge >= 0.3 is 5.97 Å². The second-order valence-corrected chi connectivity index (χ2v) is 7.41. The average Bonchev–Trinajstić information content (AvgIpc) is 2.60. The Morgan fingerprint density at radius 1 is 1.31 bits per heavy atom. The highest BCUT2D eigenvalue weighted by Crippen LogP contribution is 2.23. The van der Waals surface area contributed by atoms with Crippen LogP contribution < -0.4 is 5.32 Å². The van der Waals surface area contributed by atoms with Crippen molar-refractivity contribution in [1.29, 1.82) is 0 Å². The van der Waals surface area contributed by atoms with E-state index in [1.807, 2.05) is 0 Å². The van der Waals surface area contributed by atoms with Gasteiger partial charge in [0.25, 0.3) is 15.9 Å². The molecule has 0 aromatic heterocycles. The molecule has 1 N–H and O–H groups in total. The molecular formula is C15H21ClN2O7S. The minimum absolute atomic E-state index is 0.0130. The molecular weight excluding hydrogens is 388 g/mol. The zero-order valence-corrected chi connectivity index (χ0v) is 16.4. The van der Waals surface area contributed by atoms with Crippen LogP contribution in [-0.2, 0) is 29.1 Å². The number of methoxy groups -OCH3 is 1.